The lowest BCUT2D eigenvalue weighted by molar-refractivity contribution is -0.137. The van der Waals surface area contributed by atoms with Crippen molar-refractivity contribution < 1.29 is 9.90 Å². The van der Waals surface area contributed by atoms with Gasteiger partial charge >= 0.3 is 5.97 Å². The average molecular weight is 324 g/mol. The first kappa shape index (κ1) is 16.4. The number of nitrogens with zero attached hydrogens (tertiary/aromatic N) is 1. The molecule has 126 valence electrons. The molecule has 0 spiro atoms. The molecule has 0 unspecified atom stereocenters. The molecule has 0 bridgehead atoms. The highest BCUT2D eigenvalue weighted by atomic mass is 16.4. The summed E-state index contributed by atoms with van der Waals surface area (Å²) in [6.45, 7) is 5.21. The number of hydrogen-bond donors (Lipinski definition) is 2. The molecule has 4 heteroatoms. The third kappa shape index (κ3) is 3.53. The summed E-state index contributed by atoms with van der Waals surface area (Å²) in [5, 5.41) is 9.86. The molecule has 4 nitrogen and oxygen atoms in total. The van der Waals surface area contributed by atoms with E-state index in [1.807, 2.05) is 6.07 Å². The molecular weight excluding hydrogens is 300 g/mol. The van der Waals surface area contributed by atoms with Gasteiger partial charge in [0.25, 0.3) is 0 Å². The first-order valence-electron chi connectivity index (χ1n) is 8.63. The third-order valence-electron chi connectivity index (χ3n) is 4.59. The van der Waals surface area contributed by atoms with E-state index in [0.717, 1.165) is 55.6 Å². The highest BCUT2D eigenvalue weighted by Gasteiger charge is 2.19. The Morgan fingerprint density at radius 1 is 1.12 bits per heavy atom. The molecule has 1 aliphatic rings. The van der Waals surface area contributed by atoms with E-state index in [1.54, 1.807) is 0 Å². The van der Waals surface area contributed by atoms with E-state index in [-0.39, 0.29) is 6.42 Å². The van der Waals surface area contributed by atoms with Crippen LogP contribution >= 0.6 is 0 Å². The fourth-order valence-electron chi connectivity index (χ4n) is 3.26. The van der Waals surface area contributed by atoms with Gasteiger partial charge in [0.05, 0.1) is 11.4 Å². The van der Waals surface area contributed by atoms with Crippen LogP contribution < -0.4 is 0 Å². The second kappa shape index (κ2) is 7.39. The highest BCUT2D eigenvalue weighted by Crippen LogP contribution is 2.33. The zero-order chi connectivity index (χ0) is 16.9. The fourth-order valence-corrected chi connectivity index (χ4v) is 3.26. The lowest BCUT2D eigenvalue weighted by atomic mass is 10.1. The highest BCUT2D eigenvalue weighted by molar-refractivity contribution is 5.95. The van der Waals surface area contributed by atoms with Gasteiger partial charge in [-0.05, 0) is 25.0 Å². The van der Waals surface area contributed by atoms with Crippen LogP contribution in [0.2, 0.25) is 0 Å². The van der Waals surface area contributed by atoms with E-state index in [0.29, 0.717) is 0 Å². The number of H-pyrrole nitrogens is 1. The summed E-state index contributed by atoms with van der Waals surface area (Å²) >= 11 is 0. The molecule has 2 heterocycles. The molecule has 0 saturated heterocycles. The van der Waals surface area contributed by atoms with Crippen LogP contribution in [-0.4, -0.2) is 27.5 Å². The molecule has 0 radical (unpaired) electrons. The van der Waals surface area contributed by atoms with Crippen molar-refractivity contribution >= 4 is 28.6 Å². The standard InChI is InChI=1S/C20H24N2O2/c1-15-20-17(16-9-6-7-10-18(16)21-20)12-14-22(15)13-8-4-2-3-5-11-19(23)24/h6-7,9-10,12,14,21H,1-5,8,11,13H2,(H,23,24). The van der Waals surface area contributed by atoms with Crippen LogP contribution in [0.4, 0.5) is 0 Å². The number of carboxylic acids is 1. The first-order chi connectivity index (χ1) is 11.7. The molecule has 0 saturated carbocycles. The minimum Gasteiger partial charge on any atom is -0.481 e. The number of unbranched alkanes of at least 4 members (excludes halogenated alkanes) is 4. The van der Waals surface area contributed by atoms with E-state index >= 15 is 0 Å². The van der Waals surface area contributed by atoms with Crippen LogP contribution in [0.1, 0.15) is 49.8 Å². The third-order valence-corrected chi connectivity index (χ3v) is 4.59. The van der Waals surface area contributed by atoms with Crippen LogP contribution in [0.5, 0.6) is 0 Å². The van der Waals surface area contributed by atoms with Crippen LogP contribution in [-0.2, 0) is 4.79 Å². The molecule has 24 heavy (non-hydrogen) atoms. The predicted molar refractivity (Wildman–Crippen MR) is 98.4 cm³/mol. The predicted octanol–water partition coefficient (Wildman–Crippen LogP) is 4.85. The monoisotopic (exact) mass is 324 g/mol. The Bertz CT molecular complexity index is 773. The number of benzene rings is 1. The Balaban J connectivity index is 1.51. The Morgan fingerprint density at radius 3 is 2.71 bits per heavy atom. The van der Waals surface area contributed by atoms with Gasteiger partial charge in [0.2, 0.25) is 0 Å². The number of aromatic amines is 1. The number of carboxylic acid groups (broad SMARTS) is 1. The molecule has 3 rings (SSSR count). The van der Waals surface area contributed by atoms with Crippen LogP contribution in [0, 0.1) is 0 Å². The first-order valence-corrected chi connectivity index (χ1v) is 8.63. The van der Waals surface area contributed by atoms with Crippen LogP contribution in [0.15, 0.2) is 37.0 Å². The van der Waals surface area contributed by atoms with Gasteiger partial charge in [-0.15, -0.1) is 0 Å². The molecule has 2 aromatic rings. The Labute approximate surface area is 142 Å². The van der Waals surface area contributed by atoms with Gasteiger partial charge in [0.15, 0.2) is 0 Å². The second-order valence-electron chi connectivity index (χ2n) is 6.33. The largest absolute Gasteiger partial charge is 0.481 e. The number of nitrogens with one attached hydrogen (secondary N) is 1. The van der Waals surface area contributed by atoms with E-state index in [2.05, 4.69) is 46.9 Å². The minimum atomic E-state index is -0.695. The molecule has 1 aromatic carbocycles. The van der Waals surface area contributed by atoms with Gasteiger partial charge in [0, 0.05) is 35.6 Å². The molecular formula is C20H24N2O2. The summed E-state index contributed by atoms with van der Waals surface area (Å²) in [5.41, 5.74) is 4.50. The lowest BCUT2D eigenvalue weighted by Crippen LogP contribution is -2.19. The molecule has 1 aliphatic heterocycles. The average Bonchev–Trinajstić information content (AvgIpc) is 2.95. The SMILES string of the molecule is C=C1c2[nH]c3ccccc3c2C=CN1CCCCCCCC(=O)O. The summed E-state index contributed by atoms with van der Waals surface area (Å²) in [6, 6.07) is 8.33. The van der Waals surface area contributed by atoms with E-state index in [4.69, 9.17) is 5.11 Å². The number of rotatable bonds is 8. The van der Waals surface area contributed by atoms with E-state index < -0.39 is 5.97 Å². The lowest BCUT2D eigenvalue weighted by Gasteiger charge is -2.26. The number of hydrogen-bond acceptors (Lipinski definition) is 2. The van der Waals surface area contributed by atoms with Crippen molar-refractivity contribution in [1.29, 1.82) is 0 Å². The number of aliphatic carboxylic acids is 1. The maximum atomic E-state index is 10.5. The van der Waals surface area contributed by atoms with Gasteiger partial charge in [-0.2, -0.15) is 0 Å². The van der Waals surface area contributed by atoms with Crippen molar-refractivity contribution in [2.45, 2.75) is 38.5 Å². The summed E-state index contributed by atoms with van der Waals surface area (Å²) < 4.78 is 0. The van der Waals surface area contributed by atoms with Crippen molar-refractivity contribution in [3.63, 3.8) is 0 Å². The van der Waals surface area contributed by atoms with Crippen molar-refractivity contribution in [2.75, 3.05) is 6.54 Å². The number of fused-ring (bicyclic) bond motifs is 3. The zero-order valence-electron chi connectivity index (χ0n) is 13.9. The van der Waals surface area contributed by atoms with Gasteiger partial charge in [-0.25, -0.2) is 0 Å². The van der Waals surface area contributed by atoms with Crippen LogP contribution in [0.3, 0.4) is 0 Å². The normalized spacial score (nSPS) is 13.5. The molecule has 0 amide bonds. The quantitative estimate of drug-likeness (QED) is 0.682. The number of aromatic nitrogens is 1. The molecule has 1 aromatic heterocycles. The molecule has 0 aliphatic carbocycles. The Morgan fingerprint density at radius 2 is 1.88 bits per heavy atom. The second-order valence-corrected chi connectivity index (χ2v) is 6.33. The van der Waals surface area contributed by atoms with Crippen LogP contribution in [0.25, 0.3) is 22.7 Å². The van der Waals surface area contributed by atoms with Gasteiger partial charge in [-0.1, -0.05) is 44.0 Å². The summed E-state index contributed by atoms with van der Waals surface area (Å²) in [6.07, 6.45) is 9.65. The topological polar surface area (TPSA) is 56.3 Å². The Kier molecular flexibility index (Phi) is 5.04. The Hall–Kier alpha value is -2.49. The van der Waals surface area contributed by atoms with Gasteiger partial charge in [-0.3, -0.25) is 4.79 Å². The van der Waals surface area contributed by atoms with E-state index in [9.17, 15) is 4.79 Å². The number of carbonyl (C=O) groups is 1. The smallest absolute Gasteiger partial charge is 0.303 e. The molecule has 0 fully saturated rings. The molecule has 0 atom stereocenters. The van der Waals surface area contributed by atoms with Crippen molar-refractivity contribution in [2.24, 2.45) is 0 Å². The van der Waals surface area contributed by atoms with E-state index in [1.165, 1.54) is 10.9 Å². The van der Waals surface area contributed by atoms with Gasteiger partial charge < -0.3 is 15.0 Å². The fraction of sp³-hybridized carbons (Fsp3) is 0.350. The number of para-hydroxylation sites is 1. The molecule has 2 N–H and O–H groups in total. The van der Waals surface area contributed by atoms with Gasteiger partial charge in [0.1, 0.15) is 0 Å². The zero-order valence-corrected chi connectivity index (χ0v) is 13.9. The summed E-state index contributed by atoms with van der Waals surface area (Å²) in [5.74, 6) is -0.695. The maximum absolute atomic E-state index is 10.5. The summed E-state index contributed by atoms with van der Waals surface area (Å²) in [7, 11) is 0. The maximum Gasteiger partial charge on any atom is 0.303 e. The van der Waals surface area contributed by atoms with Crippen molar-refractivity contribution in [3.8, 4) is 0 Å². The minimum absolute atomic E-state index is 0.287. The van der Waals surface area contributed by atoms with Crippen molar-refractivity contribution in [3.05, 3.63) is 48.3 Å². The van der Waals surface area contributed by atoms with Crippen molar-refractivity contribution in [1.82, 2.24) is 9.88 Å². The summed E-state index contributed by atoms with van der Waals surface area (Å²) in [4.78, 5) is 16.1.